The fourth-order valence-electron chi connectivity index (χ4n) is 3.40. The van der Waals surface area contributed by atoms with E-state index in [2.05, 4.69) is 10.3 Å². The van der Waals surface area contributed by atoms with Crippen molar-refractivity contribution in [3.63, 3.8) is 0 Å². The predicted octanol–water partition coefficient (Wildman–Crippen LogP) is 3.70. The molecule has 1 saturated carbocycles. The Hall–Kier alpha value is -1.29. The highest BCUT2D eigenvalue weighted by Crippen LogP contribution is 2.36. The lowest BCUT2D eigenvalue weighted by Crippen LogP contribution is -2.33. The minimum atomic E-state index is -0.0112. The lowest BCUT2D eigenvalue weighted by atomic mass is 9.82. The molecule has 1 saturated heterocycles. The first kappa shape index (κ1) is 13.7. The van der Waals surface area contributed by atoms with E-state index in [1.807, 2.05) is 17.9 Å². The molecule has 1 aliphatic carbocycles. The monoisotopic (exact) mass is 293 g/mol. The summed E-state index contributed by atoms with van der Waals surface area (Å²) in [6, 6.07) is 1.85. The van der Waals surface area contributed by atoms with Gasteiger partial charge in [-0.2, -0.15) is 0 Å². The maximum Gasteiger partial charge on any atom is 0.321 e. The van der Waals surface area contributed by atoms with Crippen LogP contribution in [0.3, 0.4) is 0 Å². The minimum absolute atomic E-state index is 0.0112. The third kappa shape index (κ3) is 2.75. The van der Waals surface area contributed by atoms with Gasteiger partial charge in [-0.05, 0) is 43.2 Å². The molecule has 1 aliphatic heterocycles. The maximum atomic E-state index is 12.3. The zero-order chi connectivity index (χ0) is 14.1. The van der Waals surface area contributed by atoms with Crippen LogP contribution in [0.15, 0.2) is 12.3 Å². The van der Waals surface area contributed by atoms with Crippen molar-refractivity contribution in [2.45, 2.75) is 32.6 Å². The number of amides is 2. The summed E-state index contributed by atoms with van der Waals surface area (Å²) in [5.41, 5.74) is 1.59. The van der Waals surface area contributed by atoms with Crippen LogP contribution in [0.1, 0.15) is 31.2 Å². The Morgan fingerprint density at radius 3 is 2.60 bits per heavy atom. The second-order valence-electron chi connectivity index (χ2n) is 5.97. The number of aromatic nitrogens is 1. The van der Waals surface area contributed by atoms with Crippen LogP contribution in [0, 0.1) is 18.8 Å². The van der Waals surface area contributed by atoms with E-state index in [-0.39, 0.29) is 6.03 Å². The van der Waals surface area contributed by atoms with Gasteiger partial charge in [0.05, 0.1) is 11.9 Å². The molecule has 3 rings (SSSR count). The van der Waals surface area contributed by atoms with Gasteiger partial charge in [-0.3, -0.25) is 0 Å². The van der Waals surface area contributed by atoms with Crippen molar-refractivity contribution in [3.05, 3.63) is 23.0 Å². The van der Waals surface area contributed by atoms with E-state index in [1.165, 1.54) is 25.7 Å². The van der Waals surface area contributed by atoms with Crippen molar-refractivity contribution in [1.82, 2.24) is 9.88 Å². The summed E-state index contributed by atoms with van der Waals surface area (Å²) in [5.74, 6) is 1.42. The molecule has 5 heteroatoms. The second-order valence-corrected chi connectivity index (χ2v) is 6.33. The van der Waals surface area contributed by atoms with Crippen molar-refractivity contribution in [3.8, 4) is 0 Å². The molecule has 1 aromatic heterocycles. The van der Waals surface area contributed by atoms with Crippen LogP contribution in [0.4, 0.5) is 10.5 Å². The summed E-state index contributed by atoms with van der Waals surface area (Å²) >= 11 is 5.89. The number of urea groups is 1. The van der Waals surface area contributed by atoms with Crippen molar-refractivity contribution < 1.29 is 4.79 Å². The maximum absolute atomic E-state index is 12.3. The molecular formula is C15H20ClN3O. The summed E-state index contributed by atoms with van der Waals surface area (Å²) in [6.45, 7) is 3.68. The van der Waals surface area contributed by atoms with E-state index < -0.39 is 0 Å². The van der Waals surface area contributed by atoms with Crippen molar-refractivity contribution in [2.24, 2.45) is 11.8 Å². The number of nitrogens with zero attached hydrogens (tertiary/aromatic N) is 2. The number of likely N-dealkylation sites (tertiary alicyclic amines) is 1. The van der Waals surface area contributed by atoms with E-state index in [1.54, 1.807) is 6.20 Å². The zero-order valence-electron chi connectivity index (χ0n) is 11.7. The van der Waals surface area contributed by atoms with Crippen molar-refractivity contribution in [2.75, 3.05) is 18.4 Å². The molecule has 0 spiro atoms. The first-order chi connectivity index (χ1) is 9.63. The predicted molar refractivity (Wildman–Crippen MR) is 80.0 cm³/mol. The molecule has 2 unspecified atom stereocenters. The summed E-state index contributed by atoms with van der Waals surface area (Å²) in [5, 5.41) is 3.41. The number of rotatable bonds is 1. The molecular weight excluding hydrogens is 274 g/mol. The molecule has 0 bridgehead atoms. The van der Waals surface area contributed by atoms with Crippen LogP contribution in [0.2, 0.25) is 5.15 Å². The quantitative estimate of drug-likeness (QED) is 0.803. The molecule has 2 aliphatic rings. The Balaban J connectivity index is 1.63. The van der Waals surface area contributed by atoms with Gasteiger partial charge in [-0.15, -0.1) is 0 Å². The zero-order valence-corrected chi connectivity index (χ0v) is 12.5. The Labute approximate surface area is 124 Å². The number of carbonyl (C=O) groups excluding carboxylic acids is 1. The molecule has 1 aromatic rings. The lowest BCUT2D eigenvalue weighted by molar-refractivity contribution is 0.220. The number of aryl methyl sites for hydroxylation is 1. The number of halogens is 1. The SMILES string of the molecule is Cc1cc(NC(=O)N2CC3CCCCC3C2)cnc1Cl. The first-order valence-corrected chi connectivity index (χ1v) is 7.69. The van der Waals surface area contributed by atoms with Crippen LogP contribution < -0.4 is 5.32 Å². The van der Waals surface area contributed by atoms with E-state index >= 15 is 0 Å². The molecule has 4 nitrogen and oxygen atoms in total. The number of fused-ring (bicyclic) bond motifs is 1. The van der Waals surface area contributed by atoms with Gasteiger partial charge < -0.3 is 10.2 Å². The summed E-state index contributed by atoms with van der Waals surface area (Å²) in [7, 11) is 0. The molecule has 2 fully saturated rings. The summed E-state index contributed by atoms with van der Waals surface area (Å²) in [4.78, 5) is 18.3. The van der Waals surface area contributed by atoms with E-state index in [0.29, 0.717) is 22.7 Å². The molecule has 1 N–H and O–H groups in total. The average Bonchev–Trinajstić information content (AvgIpc) is 2.87. The number of nitrogens with one attached hydrogen (secondary N) is 1. The number of hydrogen-bond donors (Lipinski definition) is 1. The normalized spacial score (nSPS) is 25.4. The number of carbonyl (C=O) groups is 1. The highest BCUT2D eigenvalue weighted by Gasteiger charge is 2.36. The van der Waals surface area contributed by atoms with Gasteiger partial charge >= 0.3 is 6.03 Å². The lowest BCUT2D eigenvalue weighted by Gasteiger charge is -2.22. The van der Waals surface area contributed by atoms with Crippen LogP contribution in [-0.4, -0.2) is 29.0 Å². The third-order valence-corrected chi connectivity index (χ3v) is 4.92. The smallest absolute Gasteiger partial charge is 0.321 e. The number of anilines is 1. The second kappa shape index (κ2) is 5.60. The van der Waals surface area contributed by atoms with Gasteiger partial charge in [-0.25, -0.2) is 9.78 Å². The highest BCUT2D eigenvalue weighted by molar-refractivity contribution is 6.30. The van der Waals surface area contributed by atoms with Gasteiger partial charge in [0.2, 0.25) is 0 Å². The van der Waals surface area contributed by atoms with Gasteiger partial charge in [0.1, 0.15) is 5.15 Å². The topological polar surface area (TPSA) is 45.2 Å². The van der Waals surface area contributed by atoms with Crippen LogP contribution in [0.25, 0.3) is 0 Å². The highest BCUT2D eigenvalue weighted by atomic mass is 35.5. The van der Waals surface area contributed by atoms with Gasteiger partial charge in [0.15, 0.2) is 0 Å². The molecule has 0 radical (unpaired) electrons. The van der Waals surface area contributed by atoms with Gasteiger partial charge in [0.25, 0.3) is 0 Å². The largest absolute Gasteiger partial charge is 0.324 e. The van der Waals surface area contributed by atoms with Gasteiger partial charge in [-0.1, -0.05) is 24.4 Å². The molecule has 2 heterocycles. The Morgan fingerprint density at radius 1 is 1.35 bits per heavy atom. The molecule has 20 heavy (non-hydrogen) atoms. The number of hydrogen-bond acceptors (Lipinski definition) is 2. The Bertz CT molecular complexity index is 506. The molecule has 0 aromatic carbocycles. The van der Waals surface area contributed by atoms with Gasteiger partial charge in [0, 0.05) is 13.1 Å². The van der Waals surface area contributed by atoms with Crippen LogP contribution in [0.5, 0.6) is 0 Å². The molecule has 108 valence electrons. The summed E-state index contributed by atoms with van der Waals surface area (Å²) in [6.07, 6.45) is 6.79. The van der Waals surface area contributed by atoms with Crippen LogP contribution >= 0.6 is 11.6 Å². The van der Waals surface area contributed by atoms with Crippen molar-refractivity contribution >= 4 is 23.3 Å². The summed E-state index contributed by atoms with van der Waals surface area (Å²) < 4.78 is 0. The molecule has 2 atom stereocenters. The first-order valence-electron chi connectivity index (χ1n) is 7.31. The van der Waals surface area contributed by atoms with E-state index in [9.17, 15) is 4.79 Å². The fraction of sp³-hybridized carbons (Fsp3) is 0.600. The van der Waals surface area contributed by atoms with Crippen molar-refractivity contribution in [1.29, 1.82) is 0 Å². The Morgan fingerprint density at radius 2 is 2.00 bits per heavy atom. The minimum Gasteiger partial charge on any atom is -0.324 e. The molecule has 2 amide bonds. The average molecular weight is 294 g/mol. The fourth-order valence-corrected chi connectivity index (χ4v) is 3.50. The van der Waals surface area contributed by atoms with E-state index in [0.717, 1.165) is 18.7 Å². The number of pyridine rings is 1. The standard InChI is InChI=1S/C15H20ClN3O/c1-10-6-13(7-17-14(10)16)18-15(20)19-8-11-4-2-3-5-12(11)9-19/h6-7,11-12H,2-5,8-9H2,1H3,(H,18,20). The Kier molecular flexibility index (Phi) is 3.83. The van der Waals surface area contributed by atoms with E-state index in [4.69, 9.17) is 11.6 Å². The van der Waals surface area contributed by atoms with Crippen LogP contribution in [-0.2, 0) is 0 Å². The third-order valence-electron chi connectivity index (χ3n) is 4.53.